The van der Waals surface area contributed by atoms with Crippen molar-refractivity contribution in [2.24, 2.45) is 0 Å². The van der Waals surface area contributed by atoms with E-state index in [2.05, 4.69) is 44.2 Å². The van der Waals surface area contributed by atoms with Gasteiger partial charge in [-0.3, -0.25) is 0 Å². The molecule has 0 nitrogen and oxygen atoms in total. The Bertz CT molecular complexity index is 472. The second kappa shape index (κ2) is 3.62. The minimum absolute atomic E-state index is 0.583. The van der Waals surface area contributed by atoms with Crippen molar-refractivity contribution >= 4 is 22.4 Å². The second-order valence-corrected chi connectivity index (χ2v) is 3.99. The normalized spacial score (nSPS) is 10.8. The Morgan fingerprint density at radius 2 is 1.79 bits per heavy atom. The number of benzene rings is 2. The third-order valence-electron chi connectivity index (χ3n) is 2.62. The van der Waals surface area contributed by atoms with Crippen LogP contribution < -0.4 is 0 Å². The summed E-state index contributed by atoms with van der Waals surface area (Å²) in [6.07, 6.45) is 0. The van der Waals surface area contributed by atoms with Gasteiger partial charge in [0.1, 0.15) is 0 Å². The zero-order valence-corrected chi connectivity index (χ0v) is 9.23. The van der Waals surface area contributed by atoms with Crippen LogP contribution in [0.2, 0.25) is 0 Å². The van der Waals surface area contributed by atoms with E-state index in [0.29, 0.717) is 5.88 Å². The van der Waals surface area contributed by atoms with E-state index in [4.69, 9.17) is 11.6 Å². The van der Waals surface area contributed by atoms with Crippen molar-refractivity contribution in [3.63, 3.8) is 0 Å². The highest BCUT2D eigenvalue weighted by Crippen LogP contribution is 2.24. The van der Waals surface area contributed by atoms with Crippen LogP contribution in [0.15, 0.2) is 30.3 Å². The lowest BCUT2D eigenvalue weighted by atomic mass is 9.99. The molecule has 0 amide bonds. The number of aryl methyl sites for hydroxylation is 2. The molecular weight excluding hydrogens is 192 g/mol. The molecule has 0 N–H and O–H groups in total. The van der Waals surface area contributed by atoms with E-state index in [0.717, 1.165) is 0 Å². The molecular formula is C13H13Cl. The lowest BCUT2D eigenvalue weighted by Crippen LogP contribution is -1.86. The molecule has 0 aliphatic heterocycles. The van der Waals surface area contributed by atoms with E-state index in [9.17, 15) is 0 Å². The summed E-state index contributed by atoms with van der Waals surface area (Å²) >= 11 is 5.90. The maximum absolute atomic E-state index is 5.90. The Hall–Kier alpha value is -1.01. The van der Waals surface area contributed by atoms with Gasteiger partial charge in [-0.2, -0.15) is 0 Å². The fraction of sp³-hybridized carbons (Fsp3) is 0.231. The van der Waals surface area contributed by atoms with E-state index in [-0.39, 0.29) is 0 Å². The Morgan fingerprint density at radius 3 is 2.50 bits per heavy atom. The zero-order valence-electron chi connectivity index (χ0n) is 8.47. The van der Waals surface area contributed by atoms with Crippen molar-refractivity contribution in [2.45, 2.75) is 19.7 Å². The largest absolute Gasteiger partial charge is 0.122 e. The van der Waals surface area contributed by atoms with Gasteiger partial charge in [0.15, 0.2) is 0 Å². The summed E-state index contributed by atoms with van der Waals surface area (Å²) in [6, 6.07) is 10.8. The third kappa shape index (κ3) is 1.51. The molecule has 2 rings (SSSR count). The summed E-state index contributed by atoms with van der Waals surface area (Å²) in [4.78, 5) is 0. The molecule has 0 aliphatic rings. The van der Waals surface area contributed by atoms with Crippen molar-refractivity contribution < 1.29 is 0 Å². The molecule has 2 aromatic rings. The van der Waals surface area contributed by atoms with Crippen LogP contribution >= 0.6 is 11.6 Å². The van der Waals surface area contributed by atoms with Crippen molar-refractivity contribution in [1.29, 1.82) is 0 Å². The number of halogens is 1. The van der Waals surface area contributed by atoms with Crippen LogP contribution in [0.4, 0.5) is 0 Å². The summed E-state index contributed by atoms with van der Waals surface area (Å²) in [5.41, 5.74) is 3.83. The Balaban J connectivity index is 2.84. The van der Waals surface area contributed by atoms with Gasteiger partial charge in [-0.05, 0) is 35.7 Å². The first kappa shape index (κ1) is 9.54. The fourth-order valence-corrected chi connectivity index (χ4v) is 2.02. The highest BCUT2D eigenvalue weighted by Gasteiger charge is 2.02. The van der Waals surface area contributed by atoms with E-state index in [1.807, 2.05) is 0 Å². The van der Waals surface area contributed by atoms with Gasteiger partial charge in [-0.1, -0.05) is 35.9 Å². The monoisotopic (exact) mass is 204 g/mol. The standard InChI is InChI=1S/C13H13Cl/c1-9-3-6-12-11(8-14)5-4-10(2)13(12)7-9/h3-7H,8H2,1-2H3. The van der Waals surface area contributed by atoms with Crippen LogP contribution in [-0.2, 0) is 5.88 Å². The minimum atomic E-state index is 0.583. The van der Waals surface area contributed by atoms with Gasteiger partial charge < -0.3 is 0 Å². The molecule has 0 saturated heterocycles. The van der Waals surface area contributed by atoms with E-state index < -0.39 is 0 Å². The smallest absolute Gasteiger partial charge is 0.0480 e. The van der Waals surface area contributed by atoms with Gasteiger partial charge >= 0.3 is 0 Å². The summed E-state index contributed by atoms with van der Waals surface area (Å²) < 4.78 is 0. The van der Waals surface area contributed by atoms with E-state index in [1.165, 1.54) is 27.5 Å². The van der Waals surface area contributed by atoms with Crippen LogP contribution in [0, 0.1) is 13.8 Å². The van der Waals surface area contributed by atoms with E-state index >= 15 is 0 Å². The van der Waals surface area contributed by atoms with Crippen LogP contribution in [-0.4, -0.2) is 0 Å². The molecule has 2 aromatic carbocycles. The predicted octanol–water partition coefficient (Wildman–Crippen LogP) is 4.20. The van der Waals surface area contributed by atoms with Crippen molar-refractivity contribution in [1.82, 2.24) is 0 Å². The topological polar surface area (TPSA) is 0 Å². The number of alkyl halides is 1. The number of fused-ring (bicyclic) bond motifs is 1. The van der Waals surface area contributed by atoms with Gasteiger partial charge in [0.2, 0.25) is 0 Å². The molecule has 0 saturated carbocycles. The van der Waals surface area contributed by atoms with Gasteiger partial charge in [0, 0.05) is 5.88 Å². The zero-order chi connectivity index (χ0) is 10.1. The van der Waals surface area contributed by atoms with Gasteiger partial charge in [0.25, 0.3) is 0 Å². The molecule has 0 fully saturated rings. The van der Waals surface area contributed by atoms with Crippen LogP contribution in [0.3, 0.4) is 0 Å². The average molecular weight is 205 g/mol. The second-order valence-electron chi connectivity index (χ2n) is 3.72. The highest BCUT2D eigenvalue weighted by atomic mass is 35.5. The molecule has 0 radical (unpaired) electrons. The summed E-state index contributed by atoms with van der Waals surface area (Å²) in [6.45, 7) is 4.26. The SMILES string of the molecule is Cc1ccc2c(CCl)ccc(C)c2c1. The van der Waals surface area contributed by atoms with Crippen LogP contribution in [0.5, 0.6) is 0 Å². The first-order chi connectivity index (χ1) is 6.72. The van der Waals surface area contributed by atoms with Crippen molar-refractivity contribution in [2.75, 3.05) is 0 Å². The highest BCUT2D eigenvalue weighted by molar-refractivity contribution is 6.18. The van der Waals surface area contributed by atoms with Gasteiger partial charge in [-0.15, -0.1) is 11.6 Å². The Labute approximate surface area is 89.5 Å². The number of hydrogen-bond acceptors (Lipinski definition) is 0. The maximum atomic E-state index is 5.90. The lowest BCUT2D eigenvalue weighted by Gasteiger charge is -2.07. The molecule has 72 valence electrons. The molecule has 14 heavy (non-hydrogen) atoms. The molecule has 0 atom stereocenters. The molecule has 0 spiro atoms. The number of hydrogen-bond donors (Lipinski definition) is 0. The Morgan fingerprint density at radius 1 is 1.00 bits per heavy atom. The molecule has 0 aliphatic carbocycles. The minimum Gasteiger partial charge on any atom is -0.122 e. The van der Waals surface area contributed by atoms with Crippen molar-refractivity contribution in [3.8, 4) is 0 Å². The van der Waals surface area contributed by atoms with Crippen molar-refractivity contribution in [3.05, 3.63) is 47.0 Å². The molecule has 0 bridgehead atoms. The van der Waals surface area contributed by atoms with Crippen LogP contribution in [0.1, 0.15) is 16.7 Å². The maximum Gasteiger partial charge on any atom is 0.0480 e. The fourth-order valence-electron chi connectivity index (χ4n) is 1.79. The molecule has 1 heteroatoms. The molecule has 0 aromatic heterocycles. The molecule has 0 heterocycles. The first-order valence-corrected chi connectivity index (χ1v) is 5.30. The summed E-state index contributed by atoms with van der Waals surface area (Å²) in [5.74, 6) is 0.583. The predicted molar refractivity (Wildman–Crippen MR) is 63.0 cm³/mol. The molecule has 0 unspecified atom stereocenters. The van der Waals surface area contributed by atoms with Gasteiger partial charge in [-0.25, -0.2) is 0 Å². The van der Waals surface area contributed by atoms with E-state index in [1.54, 1.807) is 0 Å². The van der Waals surface area contributed by atoms with Crippen LogP contribution in [0.25, 0.3) is 10.8 Å². The van der Waals surface area contributed by atoms with Gasteiger partial charge in [0.05, 0.1) is 0 Å². The quantitative estimate of drug-likeness (QED) is 0.611. The third-order valence-corrected chi connectivity index (χ3v) is 2.91. The summed E-state index contributed by atoms with van der Waals surface area (Å²) in [5, 5.41) is 2.61. The average Bonchev–Trinajstić information content (AvgIpc) is 2.19. The number of rotatable bonds is 1. The Kier molecular flexibility index (Phi) is 2.47. The summed E-state index contributed by atoms with van der Waals surface area (Å²) in [7, 11) is 0. The first-order valence-electron chi connectivity index (χ1n) is 4.77. The lowest BCUT2D eigenvalue weighted by molar-refractivity contribution is 1.40.